The molecule has 1 nitrogen and oxygen atoms in total. The van der Waals surface area contributed by atoms with Crippen LogP contribution in [0.4, 0.5) is 0 Å². The number of Topliss-reactive ketones (excluding diaryl/α,β-unsaturated/α-hetero) is 1. The van der Waals surface area contributed by atoms with Gasteiger partial charge < -0.3 is 0 Å². The van der Waals surface area contributed by atoms with Gasteiger partial charge in [-0.15, -0.1) is 0 Å². The molecule has 0 spiro atoms. The molecule has 2 heteroatoms. The number of carbonyl (C=O) groups excluding carboxylic acids is 1. The number of rotatable bonds is 5. The van der Waals surface area contributed by atoms with Crippen molar-refractivity contribution in [1.29, 1.82) is 0 Å². The maximum absolute atomic E-state index is 11.3. The Labute approximate surface area is 84.3 Å². The SMILES string of the molecule is C=C(CCCC)SC1=CCCC1=O. The highest BCUT2D eigenvalue weighted by molar-refractivity contribution is 8.07. The van der Waals surface area contributed by atoms with Gasteiger partial charge in [-0.25, -0.2) is 0 Å². The smallest absolute Gasteiger partial charge is 0.169 e. The zero-order valence-corrected chi connectivity index (χ0v) is 8.95. The molecule has 1 rings (SSSR count). The minimum absolute atomic E-state index is 0.294. The molecule has 1 aliphatic rings. The standard InChI is InChI=1S/C11H16OS/c1-3-4-6-9(2)13-11-8-5-7-10(11)12/h8H,2-7H2,1H3. The van der Waals surface area contributed by atoms with Gasteiger partial charge in [0.05, 0.1) is 4.91 Å². The minimum Gasteiger partial charge on any atom is -0.294 e. The van der Waals surface area contributed by atoms with E-state index < -0.39 is 0 Å². The number of thioether (sulfide) groups is 1. The van der Waals surface area contributed by atoms with Gasteiger partial charge in [-0.05, 0) is 24.2 Å². The van der Waals surface area contributed by atoms with Crippen LogP contribution in [0.1, 0.15) is 39.0 Å². The Morgan fingerprint density at radius 3 is 3.00 bits per heavy atom. The summed E-state index contributed by atoms with van der Waals surface area (Å²) >= 11 is 1.57. The monoisotopic (exact) mass is 196 g/mol. The van der Waals surface area contributed by atoms with E-state index in [-0.39, 0.29) is 0 Å². The van der Waals surface area contributed by atoms with Gasteiger partial charge in [0.25, 0.3) is 0 Å². The lowest BCUT2D eigenvalue weighted by molar-refractivity contribution is -0.114. The average Bonchev–Trinajstić information content (AvgIpc) is 2.48. The fourth-order valence-corrected chi connectivity index (χ4v) is 2.22. The summed E-state index contributed by atoms with van der Waals surface area (Å²) < 4.78 is 0. The lowest BCUT2D eigenvalue weighted by atomic mass is 10.2. The van der Waals surface area contributed by atoms with Crippen LogP contribution in [0.3, 0.4) is 0 Å². The number of hydrogen-bond donors (Lipinski definition) is 0. The van der Waals surface area contributed by atoms with Gasteiger partial charge in [0.1, 0.15) is 0 Å². The van der Waals surface area contributed by atoms with Crippen molar-refractivity contribution in [2.45, 2.75) is 39.0 Å². The van der Waals surface area contributed by atoms with Crippen molar-refractivity contribution in [2.75, 3.05) is 0 Å². The van der Waals surface area contributed by atoms with Crippen LogP contribution in [0.25, 0.3) is 0 Å². The molecule has 0 aromatic heterocycles. The summed E-state index contributed by atoms with van der Waals surface area (Å²) in [4.78, 5) is 13.3. The van der Waals surface area contributed by atoms with Crippen molar-refractivity contribution >= 4 is 17.5 Å². The number of hydrogen-bond acceptors (Lipinski definition) is 2. The molecule has 0 aromatic carbocycles. The Morgan fingerprint density at radius 2 is 2.46 bits per heavy atom. The number of allylic oxidation sites excluding steroid dienone is 3. The number of ketones is 1. The second-order valence-corrected chi connectivity index (χ2v) is 4.50. The van der Waals surface area contributed by atoms with E-state index in [4.69, 9.17) is 0 Å². The summed E-state index contributed by atoms with van der Waals surface area (Å²) in [7, 11) is 0. The molecule has 72 valence electrons. The second-order valence-electron chi connectivity index (χ2n) is 3.27. The third kappa shape index (κ3) is 3.39. The minimum atomic E-state index is 0.294. The summed E-state index contributed by atoms with van der Waals surface area (Å²) in [5.74, 6) is 0.294. The van der Waals surface area contributed by atoms with E-state index in [1.54, 1.807) is 11.8 Å². The van der Waals surface area contributed by atoms with E-state index in [1.807, 2.05) is 6.08 Å². The third-order valence-electron chi connectivity index (χ3n) is 2.04. The number of unbranched alkanes of at least 4 members (excludes halogenated alkanes) is 1. The predicted molar refractivity (Wildman–Crippen MR) is 58.6 cm³/mol. The van der Waals surface area contributed by atoms with Gasteiger partial charge in [-0.3, -0.25) is 4.79 Å². The summed E-state index contributed by atoms with van der Waals surface area (Å²) in [5.41, 5.74) is 0. The zero-order chi connectivity index (χ0) is 9.68. The van der Waals surface area contributed by atoms with Gasteiger partial charge in [-0.2, -0.15) is 0 Å². The van der Waals surface area contributed by atoms with Crippen molar-refractivity contribution in [2.24, 2.45) is 0 Å². The summed E-state index contributed by atoms with van der Waals surface area (Å²) in [6.07, 6.45) is 7.04. The van der Waals surface area contributed by atoms with Crippen LogP contribution in [0.2, 0.25) is 0 Å². The number of carbonyl (C=O) groups is 1. The van der Waals surface area contributed by atoms with E-state index in [0.29, 0.717) is 12.2 Å². The Bertz CT molecular complexity index is 240. The molecule has 0 amide bonds. The molecule has 0 radical (unpaired) electrons. The fraction of sp³-hybridized carbons (Fsp3) is 0.545. The van der Waals surface area contributed by atoms with Gasteiger partial charge in [0.2, 0.25) is 0 Å². The molecule has 0 heterocycles. The topological polar surface area (TPSA) is 17.1 Å². The highest BCUT2D eigenvalue weighted by atomic mass is 32.2. The molecule has 0 unspecified atom stereocenters. The van der Waals surface area contributed by atoms with Gasteiger partial charge in [0.15, 0.2) is 5.78 Å². The lowest BCUT2D eigenvalue weighted by Crippen LogP contribution is -1.91. The van der Waals surface area contributed by atoms with E-state index in [2.05, 4.69) is 13.5 Å². The molecule has 0 saturated heterocycles. The van der Waals surface area contributed by atoms with E-state index >= 15 is 0 Å². The van der Waals surface area contributed by atoms with Gasteiger partial charge in [-0.1, -0.05) is 37.8 Å². The van der Waals surface area contributed by atoms with Crippen molar-refractivity contribution in [3.05, 3.63) is 22.5 Å². The van der Waals surface area contributed by atoms with Crippen LogP contribution < -0.4 is 0 Å². The summed E-state index contributed by atoms with van der Waals surface area (Å²) in [6, 6.07) is 0. The lowest BCUT2D eigenvalue weighted by Gasteiger charge is -2.03. The van der Waals surface area contributed by atoms with Crippen LogP contribution in [0.15, 0.2) is 22.5 Å². The fourth-order valence-electron chi connectivity index (χ4n) is 1.25. The molecule has 0 N–H and O–H groups in total. The molecular weight excluding hydrogens is 180 g/mol. The Balaban J connectivity index is 2.31. The average molecular weight is 196 g/mol. The Hall–Kier alpha value is -0.500. The first-order chi connectivity index (χ1) is 6.24. The molecule has 0 aliphatic heterocycles. The van der Waals surface area contributed by atoms with Crippen molar-refractivity contribution in [1.82, 2.24) is 0 Å². The molecule has 0 saturated carbocycles. The largest absolute Gasteiger partial charge is 0.294 e. The normalized spacial score (nSPS) is 16.1. The maximum atomic E-state index is 11.3. The van der Waals surface area contributed by atoms with Crippen LogP contribution in [-0.2, 0) is 4.79 Å². The van der Waals surface area contributed by atoms with Gasteiger partial charge >= 0.3 is 0 Å². The van der Waals surface area contributed by atoms with Crippen molar-refractivity contribution < 1.29 is 4.79 Å². The van der Waals surface area contributed by atoms with Gasteiger partial charge in [0, 0.05) is 6.42 Å². The highest BCUT2D eigenvalue weighted by Crippen LogP contribution is 2.32. The molecule has 1 aliphatic carbocycles. The zero-order valence-electron chi connectivity index (χ0n) is 8.14. The molecular formula is C11H16OS. The molecule has 13 heavy (non-hydrogen) atoms. The van der Waals surface area contributed by atoms with Crippen LogP contribution >= 0.6 is 11.8 Å². The molecule has 0 fully saturated rings. The van der Waals surface area contributed by atoms with E-state index in [9.17, 15) is 4.79 Å². The second kappa shape index (κ2) is 5.28. The first kappa shape index (κ1) is 10.6. The van der Waals surface area contributed by atoms with E-state index in [0.717, 1.165) is 22.7 Å². The van der Waals surface area contributed by atoms with Crippen LogP contribution in [0.5, 0.6) is 0 Å². The van der Waals surface area contributed by atoms with Crippen LogP contribution in [0, 0.1) is 0 Å². The highest BCUT2D eigenvalue weighted by Gasteiger charge is 2.15. The molecule has 0 atom stereocenters. The molecule has 0 aromatic rings. The Kier molecular flexibility index (Phi) is 4.29. The summed E-state index contributed by atoms with van der Waals surface area (Å²) in [5, 5.41) is 0. The Morgan fingerprint density at radius 1 is 1.69 bits per heavy atom. The first-order valence-electron chi connectivity index (χ1n) is 4.83. The summed E-state index contributed by atoms with van der Waals surface area (Å²) in [6.45, 7) is 6.12. The first-order valence-corrected chi connectivity index (χ1v) is 5.64. The quantitative estimate of drug-likeness (QED) is 0.667. The third-order valence-corrected chi connectivity index (χ3v) is 3.15. The van der Waals surface area contributed by atoms with E-state index in [1.165, 1.54) is 12.8 Å². The predicted octanol–water partition coefficient (Wildman–Crippen LogP) is 3.67. The maximum Gasteiger partial charge on any atom is 0.169 e. The molecule has 0 bridgehead atoms. The van der Waals surface area contributed by atoms with Crippen molar-refractivity contribution in [3.8, 4) is 0 Å². The van der Waals surface area contributed by atoms with Crippen molar-refractivity contribution in [3.63, 3.8) is 0 Å². The van der Waals surface area contributed by atoms with Crippen LogP contribution in [-0.4, -0.2) is 5.78 Å².